The summed E-state index contributed by atoms with van der Waals surface area (Å²) in [4.78, 5) is 30.0. The number of pyridine rings is 1. The Morgan fingerprint density at radius 1 is 1.19 bits per heavy atom. The number of aromatic nitrogens is 1. The van der Waals surface area contributed by atoms with Gasteiger partial charge < -0.3 is 15.0 Å². The van der Waals surface area contributed by atoms with Crippen LogP contribution in [0, 0.1) is 11.8 Å². The fourth-order valence-electron chi connectivity index (χ4n) is 3.24. The highest BCUT2D eigenvalue weighted by Crippen LogP contribution is 2.29. The van der Waals surface area contributed by atoms with Gasteiger partial charge in [-0.1, -0.05) is 0 Å². The van der Waals surface area contributed by atoms with Crippen molar-refractivity contribution >= 4 is 12.0 Å². The van der Waals surface area contributed by atoms with Crippen LogP contribution in [0.4, 0.5) is 4.79 Å². The molecule has 1 saturated carbocycles. The molecule has 0 atom stereocenters. The summed E-state index contributed by atoms with van der Waals surface area (Å²) in [6.45, 7) is 6.83. The third kappa shape index (κ3) is 6.65. The number of nitrogens with zero attached hydrogens (tertiary/aromatic N) is 2. The predicted molar refractivity (Wildman–Crippen MR) is 100 cm³/mol. The summed E-state index contributed by atoms with van der Waals surface area (Å²) in [5, 5.41) is 3.02. The van der Waals surface area contributed by atoms with Crippen LogP contribution < -0.4 is 5.32 Å². The van der Waals surface area contributed by atoms with Crippen molar-refractivity contribution in [1.29, 1.82) is 0 Å². The summed E-state index contributed by atoms with van der Waals surface area (Å²) < 4.78 is 5.39. The van der Waals surface area contributed by atoms with Crippen LogP contribution in [0.2, 0.25) is 0 Å². The molecule has 1 aliphatic carbocycles. The zero-order valence-corrected chi connectivity index (χ0v) is 16.3. The van der Waals surface area contributed by atoms with Crippen molar-refractivity contribution in [3.63, 3.8) is 0 Å². The SMILES string of the molecule is CN(C[C@H]1CC[C@H](C(=O)NCc2ccncc2)CC1)C(=O)OC(C)(C)C. The molecule has 6 nitrogen and oxygen atoms in total. The quantitative estimate of drug-likeness (QED) is 0.873. The average molecular weight is 361 g/mol. The summed E-state index contributed by atoms with van der Waals surface area (Å²) in [5.41, 5.74) is 0.580. The molecule has 0 saturated heterocycles. The van der Waals surface area contributed by atoms with Gasteiger partial charge in [0.2, 0.25) is 5.91 Å². The molecule has 1 aliphatic rings. The maximum Gasteiger partial charge on any atom is 0.410 e. The number of rotatable bonds is 5. The zero-order chi connectivity index (χ0) is 19.2. The van der Waals surface area contributed by atoms with E-state index in [0.717, 1.165) is 31.2 Å². The lowest BCUT2D eigenvalue weighted by Crippen LogP contribution is -2.39. The molecule has 2 rings (SSSR count). The van der Waals surface area contributed by atoms with Crippen LogP contribution in [-0.2, 0) is 16.1 Å². The standard InChI is InChI=1S/C20H31N3O3/c1-20(2,3)26-19(25)23(4)14-16-5-7-17(8-6-16)18(24)22-13-15-9-11-21-12-10-15/h9-12,16-17H,5-8,13-14H2,1-4H3,(H,22,24)/t16-,17-. The maximum atomic E-state index is 12.4. The molecular weight excluding hydrogens is 330 g/mol. The Morgan fingerprint density at radius 2 is 1.81 bits per heavy atom. The van der Waals surface area contributed by atoms with E-state index in [1.54, 1.807) is 24.3 Å². The first-order valence-electron chi connectivity index (χ1n) is 9.35. The van der Waals surface area contributed by atoms with Crippen LogP contribution >= 0.6 is 0 Å². The minimum absolute atomic E-state index is 0.0694. The normalized spacial score (nSPS) is 20.3. The van der Waals surface area contributed by atoms with E-state index in [1.807, 2.05) is 32.9 Å². The van der Waals surface area contributed by atoms with E-state index in [1.165, 1.54) is 0 Å². The largest absolute Gasteiger partial charge is 0.444 e. The van der Waals surface area contributed by atoms with Crippen molar-refractivity contribution in [1.82, 2.24) is 15.2 Å². The van der Waals surface area contributed by atoms with E-state index in [9.17, 15) is 9.59 Å². The molecule has 0 aromatic carbocycles. The zero-order valence-electron chi connectivity index (χ0n) is 16.3. The molecule has 1 aromatic rings. The van der Waals surface area contributed by atoms with Crippen LogP contribution in [-0.4, -0.2) is 41.1 Å². The Balaban J connectivity index is 1.71. The van der Waals surface area contributed by atoms with E-state index in [2.05, 4.69) is 10.3 Å². The Labute approximate surface area is 156 Å². The maximum absolute atomic E-state index is 12.4. The Bertz CT molecular complexity index is 590. The fourth-order valence-corrected chi connectivity index (χ4v) is 3.24. The lowest BCUT2D eigenvalue weighted by atomic mass is 9.81. The molecule has 26 heavy (non-hydrogen) atoms. The summed E-state index contributed by atoms with van der Waals surface area (Å²) in [7, 11) is 1.78. The van der Waals surface area contributed by atoms with Crippen LogP contribution in [0.3, 0.4) is 0 Å². The molecule has 2 amide bonds. The molecule has 1 heterocycles. The number of amides is 2. The van der Waals surface area contributed by atoms with Crippen molar-refractivity contribution in [3.05, 3.63) is 30.1 Å². The van der Waals surface area contributed by atoms with Gasteiger partial charge in [0, 0.05) is 38.4 Å². The second kappa shape index (κ2) is 9.01. The molecule has 144 valence electrons. The third-order valence-corrected chi connectivity index (χ3v) is 4.67. The van der Waals surface area contributed by atoms with E-state index in [4.69, 9.17) is 4.74 Å². The molecule has 1 aromatic heterocycles. The van der Waals surface area contributed by atoms with Gasteiger partial charge in [-0.2, -0.15) is 0 Å². The van der Waals surface area contributed by atoms with Crippen molar-refractivity contribution in [2.75, 3.05) is 13.6 Å². The van der Waals surface area contributed by atoms with Gasteiger partial charge in [-0.25, -0.2) is 4.79 Å². The van der Waals surface area contributed by atoms with Crippen molar-refractivity contribution < 1.29 is 14.3 Å². The smallest absolute Gasteiger partial charge is 0.410 e. The molecule has 0 unspecified atom stereocenters. The van der Waals surface area contributed by atoms with E-state index in [-0.39, 0.29) is 17.9 Å². The number of carbonyl (C=O) groups is 2. The van der Waals surface area contributed by atoms with Crippen LogP contribution in [0.25, 0.3) is 0 Å². The summed E-state index contributed by atoms with van der Waals surface area (Å²) in [6, 6.07) is 3.81. The molecule has 0 aliphatic heterocycles. The lowest BCUT2D eigenvalue weighted by molar-refractivity contribution is -0.126. The van der Waals surface area contributed by atoms with Gasteiger partial charge in [0.1, 0.15) is 5.60 Å². The third-order valence-electron chi connectivity index (χ3n) is 4.67. The predicted octanol–water partition coefficient (Wildman–Crippen LogP) is 3.37. The lowest BCUT2D eigenvalue weighted by Gasteiger charge is -2.31. The molecule has 1 N–H and O–H groups in total. The van der Waals surface area contributed by atoms with E-state index in [0.29, 0.717) is 19.0 Å². The number of carbonyl (C=O) groups excluding carboxylic acids is 2. The summed E-state index contributed by atoms with van der Waals surface area (Å²) >= 11 is 0. The van der Waals surface area contributed by atoms with Crippen LogP contribution in [0.1, 0.15) is 52.0 Å². The first-order valence-corrected chi connectivity index (χ1v) is 9.35. The second-order valence-electron chi connectivity index (χ2n) is 8.15. The van der Waals surface area contributed by atoms with Gasteiger partial charge >= 0.3 is 6.09 Å². The van der Waals surface area contributed by atoms with Gasteiger partial charge in [0.05, 0.1) is 0 Å². The Hall–Kier alpha value is -2.11. The molecule has 6 heteroatoms. The van der Waals surface area contributed by atoms with Crippen molar-refractivity contribution in [3.8, 4) is 0 Å². The van der Waals surface area contributed by atoms with Gasteiger partial charge in [-0.15, -0.1) is 0 Å². The molecular formula is C20H31N3O3. The highest BCUT2D eigenvalue weighted by molar-refractivity contribution is 5.78. The van der Waals surface area contributed by atoms with Gasteiger partial charge in [0.15, 0.2) is 0 Å². The highest BCUT2D eigenvalue weighted by atomic mass is 16.6. The average Bonchev–Trinajstić information content (AvgIpc) is 2.59. The topological polar surface area (TPSA) is 71.5 Å². The van der Waals surface area contributed by atoms with Crippen molar-refractivity contribution in [2.24, 2.45) is 11.8 Å². The number of nitrogens with one attached hydrogen (secondary N) is 1. The second-order valence-corrected chi connectivity index (χ2v) is 8.15. The number of ether oxygens (including phenoxy) is 1. The van der Waals surface area contributed by atoms with Crippen LogP contribution in [0.5, 0.6) is 0 Å². The molecule has 0 radical (unpaired) electrons. The molecule has 0 bridgehead atoms. The summed E-state index contributed by atoms with van der Waals surface area (Å²) in [6.07, 6.45) is 6.84. The molecule has 0 spiro atoms. The fraction of sp³-hybridized carbons (Fsp3) is 0.650. The van der Waals surface area contributed by atoms with Gasteiger partial charge in [-0.05, 0) is 70.1 Å². The van der Waals surface area contributed by atoms with E-state index >= 15 is 0 Å². The monoisotopic (exact) mass is 361 g/mol. The van der Waals surface area contributed by atoms with E-state index < -0.39 is 5.60 Å². The van der Waals surface area contributed by atoms with Gasteiger partial charge in [0.25, 0.3) is 0 Å². The van der Waals surface area contributed by atoms with Crippen molar-refractivity contribution in [2.45, 2.75) is 58.6 Å². The first kappa shape index (κ1) is 20.2. The first-order chi connectivity index (χ1) is 12.2. The van der Waals surface area contributed by atoms with Gasteiger partial charge in [-0.3, -0.25) is 9.78 Å². The summed E-state index contributed by atoms with van der Waals surface area (Å²) in [5.74, 6) is 0.623. The minimum atomic E-state index is -0.476. The Morgan fingerprint density at radius 3 is 2.38 bits per heavy atom. The minimum Gasteiger partial charge on any atom is -0.444 e. The Kier molecular flexibility index (Phi) is 7.00. The number of hydrogen-bond acceptors (Lipinski definition) is 4. The number of hydrogen-bond donors (Lipinski definition) is 1. The van der Waals surface area contributed by atoms with Crippen LogP contribution in [0.15, 0.2) is 24.5 Å². The molecule has 1 fully saturated rings. The highest BCUT2D eigenvalue weighted by Gasteiger charge is 2.28.